The summed E-state index contributed by atoms with van der Waals surface area (Å²) in [6.07, 6.45) is 0. The molecule has 0 atom stereocenters. The van der Waals surface area contributed by atoms with Gasteiger partial charge in [-0.25, -0.2) is 0 Å². The Morgan fingerprint density at radius 1 is 1.40 bits per heavy atom. The van der Waals surface area contributed by atoms with Crippen LogP contribution in [0.15, 0.2) is 0 Å². The summed E-state index contributed by atoms with van der Waals surface area (Å²) in [5.74, 6) is 0.744. The molecule has 0 unspecified atom stereocenters. The lowest BCUT2D eigenvalue weighted by atomic mass is 10.1. The van der Waals surface area contributed by atoms with E-state index in [1.54, 1.807) is 0 Å². The molecule has 5 N–H and O–H groups in total. The van der Waals surface area contributed by atoms with E-state index in [9.17, 15) is 0 Å². The number of anilines is 2. The zero-order chi connectivity index (χ0) is 7.72. The van der Waals surface area contributed by atoms with Gasteiger partial charge in [-0.2, -0.15) is 5.10 Å². The highest BCUT2D eigenvalue weighted by atomic mass is 15.2. The van der Waals surface area contributed by atoms with Crippen molar-refractivity contribution >= 4 is 11.5 Å². The summed E-state index contributed by atoms with van der Waals surface area (Å²) in [6, 6.07) is 0. The van der Waals surface area contributed by atoms with Crippen LogP contribution in [0.2, 0.25) is 0 Å². The highest BCUT2D eigenvalue weighted by molar-refractivity contribution is 5.61. The summed E-state index contributed by atoms with van der Waals surface area (Å²) in [6.45, 7) is 4.06. The molecule has 4 heteroatoms. The van der Waals surface area contributed by atoms with Crippen LogP contribution in [0.1, 0.15) is 25.5 Å². The Morgan fingerprint density at radius 2 is 2.00 bits per heavy atom. The molecule has 0 fully saturated rings. The van der Waals surface area contributed by atoms with Crippen LogP contribution in [0.5, 0.6) is 0 Å². The lowest BCUT2D eigenvalue weighted by Gasteiger charge is -2.00. The standard InChI is InChI=1S/C6H12N4/c1-3(2)5-4(7)6(8)10-9-5/h3H,7H2,1-2H3,(H3,8,9,10). The number of nitrogens with two attached hydrogens (primary N) is 2. The smallest absolute Gasteiger partial charge is 0.168 e. The van der Waals surface area contributed by atoms with Crippen molar-refractivity contribution in [3.63, 3.8) is 0 Å². The second kappa shape index (κ2) is 2.21. The van der Waals surface area contributed by atoms with Crippen molar-refractivity contribution in [1.29, 1.82) is 0 Å². The number of nitrogens with zero attached hydrogens (tertiary/aromatic N) is 1. The molecule has 0 bridgehead atoms. The number of nitrogen functional groups attached to an aromatic ring is 2. The van der Waals surface area contributed by atoms with Crippen molar-refractivity contribution in [2.45, 2.75) is 19.8 Å². The zero-order valence-corrected chi connectivity index (χ0v) is 6.18. The quantitative estimate of drug-likeness (QED) is 0.537. The minimum Gasteiger partial charge on any atom is -0.394 e. The summed E-state index contributed by atoms with van der Waals surface area (Å²) >= 11 is 0. The second-order valence-electron chi connectivity index (χ2n) is 2.59. The van der Waals surface area contributed by atoms with Crippen LogP contribution in [0.25, 0.3) is 0 Å². The molecule has 1 rings (SSSR count). The van der Waals surface area contributed by atoms with Gasteiger partial charge in [0.1, 0.15) is 0 Å². The molecule has 1 heterocycles. The van der Waals surface area contributed by atoms with E-state index in [4.69, 9.17) is 11.5 Å². The summed E-state index contributed by atoms with van der Waals surface area (Å²) in [5, 5.41) is 6.54. The van der Waals surface area contributed by atoms with E-state index >= 15 is 0 Å². The molecule has 0 aliphatic rings. The number of hydrogen-bond donors (Lipinski definition) is 3. The van der Waals surface area contributed by atoms with Crippen LogP contribution >= 0.6 is 0 Å². The van der Waals surface area contributed by atoms with E-state index in [1.807, 2.05) is 13.8 Å². The fourth-order valence-corrected chi connectivity index (χ4v) is 0.819. The minimum absolute atomic E-state index is 0.352. The molecule has 1 aromatic heterocycles. The molecule has 0 aliphatic carbocycles. The number of H-pyrrole nitrogens is 1. The molecule has 0 radical (unpaired) electrons. The van der Waals surface area contributed by atoms with Crippen LogP contribution in [-0.2, 0) is 0 Å². The number of nitrogens with one attached hydrogen (secondary N) is 1. The van der Waals surface area contributed by atoms with Gasteiger partial charge in [-0.1, -0.05) is 13.8 Å². The average molecular weight is 140 g/mol. The normalized spacial score (nSPS) is 10.7. The monoisotopic (exact) mass is 140 g/mol. The Labute approximate surface area is 59.6 Å². The van der Waals surface area contributed by atoms with E-state index in [0.717, 1.165) is 5.69 Å². The molecule has 56 valence electrons. The first-order valence-electron chi connectivity index (χ1n) is 3.22. The van der Waals surface area contributed by atoms with Crippen molar-refractivity contribution in [1.82, 2.24) is 10.2 Å². The van der Waals surface area contributed by atoms with Crippen LogP contribution in [0.4, 0.5) is 11.5 Å². The lowest BCUT2D eigenvalue weighted by molar-refractivity contribution is 0.813. The van der Waals surface area contributed by atoms with E-state index in [2.05, 4.69) is 10.2 Å². The van der Waals surface area contributed by atoms with Gasteiger partial charge < -0.3 is 11.5 Å². The molecule has 0 aromatic carbocycles. The average Bonchev–Trinajstić information content (AvgIpc) is 2.14. The molecule has 0 spiro atoms. The highest BCUT2D eigenvalue weighted by Gasteiger charge is 2.08. The van der Waals surface area contributed by atoms with Gasteiger partial charge in [0, 0.05) is 0 Å². The van der Waals surface area contributed by atoms with Gasteiger partial charge in [-0.05, 0) is 5.92 Å². The van der Waals surface area contributed by atoms with Gasteiger partial charge in [0.25, 0.3) is 0 Å². The largest absolute Gasteiger partial charge is 0.394 e. The maximum atomic E-state index is 5.58. The third kappa shape index (κ3) is 0.920. The Morgan fingerprint density at radius 3 is 2.20 bits per heavy atom. The zero-order valence-electron chi connectivity index (χ0n) is 6.18. The SMILES string of the molecule is CC(C)c1[nH]nc(N)c1N. The number of rotatable bonds is 1. The van der Waals surface area contributed by atoms with Gasteiger partial charge in [0.2, 0.25) is 0 Å². The van der Waals surface area contributed by atoms with Crippen molar-refractivity contribution in [2.75, 3.05) is 11.5 Å². The Bertz CT molecular complexity index is 226. The molecular weight excluding hydrogens is 128 g/mol. The number of aromatic nitrogens is 2. The highest BCUT2D eigenvalue weighted by Crippen LogP contribution is 2.22. The van der Waals surface area contributed by atoms with Gasteiger partial charge in [-0.3, -0.25) is 5.10 Å². The third-order valence-corrected chi connectivity index (χ3v) is 1.44. The lowest BCUT2D eigenvalue weighted by Crippen LogP contribution is -1.96. The van der Waals surface area contributed by atoms with E-state index in [0.29, 0.717) is 17.4 Å². The van der Waals surface area contributed by atoms with Crippen LogP contribution in [0.3, 0.4) is 0 Å². The first-order chi connectivity index (χ1) is 4.63. The molecule has 0 saturated heterocycles. The first-order valence-corrected chi connectivity index (χ1v) is 3.22. The van der Waals surface area contributed by atoms with Crippen LogP contribution in [-0.4, -0.2) is 10.2 Å². The molecule has 0 amide bonds. The van der Waals surface area contributed by atoms with Crippen molar-refractivity contribution in [3.05, 3.63) is 5.69 Å². The van der Waals surface area contributed by atoms with Gasteiger partial charge >= 0.3 is 0 Å². The van der Waals surface area contributed by atoms with E-state index < -0.39 is 0 Å². The summed E-state index contributed by atoms with van der Waals surface area (Å²) in [7, 11) is 0. The predicted molar refractivity (Wildman–Crippen MR) is 41.5 cm³/mol. The van der Waals surface area contributed by atoms with E-state index in [1.165, 1.54) is 0 Å². The molecule has 4 nitrogen and oxygen atoms in total. The maximum Gasteiger partial charge on any atom is 0.168 e. The summed E-state index contributed by atoms with van der Waals surface area (Å²) < 4.78 is 0. The van der Waals surface area contributed by atoms with Crippen LogP contribution in [0, 0.1) is 0 Å². The fourth-order valence-electron chi connectivity index (χ4n) is 0.819. The van der Waals surface area contributed by atoms with E-state index in [-0.39, 0.29) is 0 Å². The second-order valence-corrected chi connectivity index (χ2v) is 2.59. The van der Waals surface area contributed by atoms with Crippen LogP contribution < -0.4 is 11.5 Å². The molecule has 0 saturated carbocycles. The molecule has 10 heavy (non-hydrogen) atoms. The Hall–Kier alpha value is -1.19. The fraction of sp³-hybridized carbons (Fsp3) is 0.500. The topological polar surface area (TPSA) is 80.7 Å². The molecule has 1 aromatic rings. The van der Waals surface area contributed by atoms with Crippen molar-refractivity contribution < 1.29 is 0 Å². The first kappa shape index (κ1) is 6.92. The number of hydrogen-bond acceptors (Lipinski definition) is 3. The molecular formula is C6H12N4. The number of aromatic amines is 1. The molecule has 0 aliphatic heterocycles. The Balaban J connectivity index is 3.05. The van der Waals surface area contributed by atoms with Gasteiger partial charge in [-0.15, -0.1) is 0 Å². The Kier molecular flexibility index (Phi) is 1.53. The third-order valence-electron chi connectivity index (χ3n) is 1.44. The van der Waals surface area contributed by atoms with Gasteiger partial charge in [0.15, 0.2) is 5.82 Å². The summed E-state index contributed by atoms with van der Waals surface area (Å²) in [4.78, 5) is 0. The predicted octanol–water partition coefficient (Wildman–Crippen LogP) is 0.698. The summed E-state index contributed by atoms with van der Waals surface area (Å²) in [5.41, 5.74) is 12.5. The van der Waals surface area contributed by atoms with Gasteiger partial charge in [0.05, 0.1) is 11.4 Å². The van der Waals surface area contributed by atoms with Crippen molar-refractivity contribution in [2.24, 2.45) is 0 Å². The minimum atomic E-state index is 0.352. The maximum absolute atomic E-state index is 5.58. The van der Waals surface area contributed by atoms with Crippen molar-refractivity contribution in [3.8, 4) is 0 Å².